The largest absolute Gasteiger partial charge is 0.462 e. The maximum absolute atomic E-state index is 11.6. The van der Waals surface area contributed by atoms with Crippen molar-refractivity contribution in [3.05, 3.63) is 0 Å². The Morgan fingerprint density at radius 2 is 2.25 bits per heavy atom. The van der Waals surface area contributed by atoms with Crippen LogP contribution < -0.4 is 4.89 Å². The Kier molecular flexibility index (Phi) is 6.79. The molecule has 0 spiro atoms. The summed E-state index contributed by atoms with van der Waals surface area (Å²) in [6.07, 6.45) is 5.02. The van der Waals surface area contributed by atoms with Crippen LogP contribution in [0, 0.1) is 5.92 Å². The summed E-state index contributed by atoms with van der Waals surface area (Å²) in [5, 5.41) is 0. The van der Waals surface area contributed by atoms with Crippen LogP contribution in [0.3, 0.4) is 0 Å². The molecule has 1 rings (SSSR count). The van der Waals surface area contributed by atoms with E-state index in [1.54, 1.807) is 0 Å². The zero-order valence-corrected chi connectivity index (χ0v) is 10.3. The molecule has 1 fully saturated rings. The summed E-state index contributed by atoms with van der Waals surface area (Å²) in [4.78, 5) is 18.7. The number of rotatable bonds is 7. The molecule has 16 heavy (non-hydrogen) atoms. The fraction of sp³-hybridized carbons (Fsp3) is 0.900. The molecule has 5 nitrogen and oxygen atoms in total. The molecule has 1 unspecified atom stereocenters. The van der Waals surface area contributed by atoms with Crippen molar-refractivity contribution in [2.45, 2.75) is 45.1 Å². The Morgan fingerprint density at radius 1 is 1.56 bits per heavy atom. The SMILES string of the molecule is CC(CCONSO)C(=O)OC1CCCC1. The van der Waals surface area contributed by atoms with Crippen LogP contribution in [0.25, 0.3) is 0 Å². The molecule has 0 aromatic rings. The Balaban J connectivity index is 2.09. The minimum atomic E-state index is -0.161. The van der Waals surface area contributed by atoms with Crippen molar-refractivity contribution in [3.63, 3.8) is 0 Å². The van der Waals surface area contributed by atoms with Crippen LogP contribution in [-0.4, -0.2) is 23.2 Å². The summed E-state index contributed by atoms with van der Waals surface area (Å²) in [6.45, 7) is 2.20. The summed E-state index contributed by atoms with van der Waals surface area (Å²) in [5.74, 6) is -0.307. The first-order chi connectivity index (χ1) is 7.74. The van der Waals surface area contributed by atoms with E-state index in [0.29, 0.717) is 25.3 Å². The van der Waals surface area contributed by atoms with E-state index >= 15 is 0 Å². The van der Waals surface area contributed by atoms with Crippen molar-refractivity contribution >= 4 is 18.2 Å². The Labute approximate surface area is 100 Å². The fourth-order valence-electron chi connectivity index (χ4n) is 1.71. The molecular formula is C10H19NO4S. The van der Waals surface area contributed by atoms with Gasteiger partial charge in [-0.2, -0.15) is 0 Å². The molecule has 1 atom stereocenters. The van der Waals surface area contributed by atoms with E-state index in [1.807, 2.05) is 6.92 Å². The normalized spacial score (nSPS) is 18.6. The van der Waals surface area contributed by atoms with Crippen LogP contribution in [0.4, 0.5) is 0 Å². The van der Waals surface area contributed by atoms with E-state index in [9.17, 15) is 4.79 Å². The van der Waals surface area contributed by atoms with Crippen molar-refractivity contribution in [2.75, 3.05) is 6.61 Å². The molecule has 0 bridgehead atoms. The second-order valence-electron chi connectivity index (χ2n) is 4.06. The molecule has 6 heteroatoms. The summed E-state index contributed by atoms with van der Waals surface area (Å²) in [7, 11) is 0. The van der Waals surface area contributed by atoms with Crippen molar-refractivity contribution < 1.29 is 18.9 Å². The lowest BCUT2D eigenvalue weighted by molar-refractivity contribution is -0.153. The van der Waals surface area contributed by atoms with Gasteiger partial charge in [-0.05, 0) is 32.1 Å². The maximum atomic E-state index is 11.6. The topological polar surface area (TPSA) is 67.8 Å². The Morgan fingerprint density at radius 3 is 2.88 bits per heavy atom. The van der Waals surface area contributed by atoms with Crippen LogP contribution in [0.15, 0.2) is 0 Å². The summed E-state index contributed by atoms with van der Waals surface area (Å²) in [5.41, 5.74) is 0. The van der Waals surface area contributed by atoms with Crippen LogP contribution in [0.1, 0.15) is 39.0 Å². The molecule has 1 aliphatic carbocycles. The highest BCUT2D eigenvalue weighted by Crippen LogP contribution is 2.22. The lowest BCUT2D eigenvalue weighted by Gasteiger charge is -2.15. The second kappa shape index (κ2) is 7.89. The van der Waals surface area contributed by atoms with Gasteiger partial charge in [0.15, 0.2) is 0 Å². The number of carbonyl (C=O) groups excluding carboxylic acids is 1. The monoisotopic (exact) mass is 249 g/mol. The summed E-state index contributed by atoms with van der Waals surface area (Å²) < 4.78 is 13.7. The number of esters is 1. The van der Waals surface area contributed by atoms with Crippen molar-refractivity contribution in [2.24, 2.45) is 5.92 Å². The van der Waals surface area contributed by atoms with Gasteiger partial charge in [0.2, 0.25) is 0 Å². The number of hydrogen-bond acceptors (Lipinski definition) is 6. The van der Waals surface area contributed by atoms with Gasteiger partial charge < -0.3 is 9.29 Å². The van der Waals surface area contributed by atoms with Gasteiger partial charge in [-0.3, -0.25) is 9.63 Å². The van der Waals surface area contributed by atoms with Gasteiger partial charge in [0.1, 0.15) is 18.3 Å². The quantitative estimate of drug-likeness (QED) is 0.237. The van der Waals surface area contributed by atoms with Crippen molar-refractivity contribution in [1.82, 2.24) is 4.89 Å². The highest BCUT2D eigenvalue weighted by Gasteiger charge is 2.22. The van der Waals surface area contributed by atoms with Gasteiger partial charge in [0, 0.05) is 0 Å². The molecular weight excluding hydrogens is 230 g/mol. The van der Waals surface area contributed by atoms with E-state index in [-0.39, 0.29) is 18.0 Å². The van der Waals surface area contributed by atoms with E-state index in [2.05, 4.69) is 4.89 Å². The maximum Gasteiger partial charge on any atom is 0.309 e. The number of carbonyl (C=O) groups is 1. The van der Waals surface area contributed by atoms with Crippen LogP contribution in [0.2, 0.25) is 0 Å². The molecule has 0 amide bonds. The van der Waals surface area contributed by atoms with E-state index in [4.69, 9.17) is 14.1 Å². The summed E-state index contributed by atoms with van der Waals surface area (Å²) in [6, 6.07) is 0. The standard InChI is InChI=1S/C10H19NO4S/c1-8(6-7-14-11-16-13)10(12)15-9-4-2-3-5-9/h8-9,11,13H,2-7H2,1H3. The lowest BCUT2D eigenvalue weighted by atomic mass is 10.1. The average molecular weight is 249 g/mol. The van der Waals surface area contributed by atoms with Gasteiger partial charge in [-0.25, -0.2) is 0 Å². The molecule has 0 aromatic heterocycles. The first-order valence-electron chi connectivity index (χ1n) is 5.61. The van der Waals surface area contributed by atoms with E-state index in [1.165, 1.54) is 0 Å². The third-order valence-electron chi connectivity index (χ3n) is 2.74. The highest BCUT2D eigenvalue weighted by atomic mass is 32.2. The predicted octanol–water partition coefficient (Wildman–Crippen LogP) is 2.14. The molecule has 0 saturated heterocycles. The van der Waals surface area contributed by atoms with Crippen molar-refractivity contribution in [3.8, 4) is 0 Å². The van der Waals surface area contributed by atoms with Gasteiger partial charge in [-0.15, -0.1) is 4.89 Å². The third-order valence-corrected chi connectivity index (χ3v) is 2.93. The van der Waals surface area contributed by atoms with E-state index in [0.717, 1.165) is 25.7 Å². The highest BCUT2D eigenvalue weighted by molar-refractivity contribution is 7.91. The molecule has 0 aromatic carbocycles. The lowest BCUT2D eigenvalue weighted by Crippen LogP contribution is -2.22. The fourth-order valence-corrected chi connectivity index (χ4v) is 1.84. The second-order valence-corrected chi connectivity index (χ2v) is 4.41. The molecule has 2 N–H and O–H groups in total. The molecule has 94 valence electrons. The molecule has 0 radical (unpaired) electrons. The average Bonchev–Trinajstić information content (AvgIpc) is 2.76. The molecule has 0 heterocycles. The molecule has 1 saturated carbocycles. The Bertz CT molecular complexity index is 209. The van der Waals surface area contributed by atoms with Crippen LogP contribution >= 0.6 is 12.2 Å². The van der Waals surface area contributed by atoms with Crippen molar-refractivity contribution in [1.29, 1.82) is 0 Å². The summed E-state index contributed by atoms with van der Waals surface area (Å²) >= 11 is 0.399. The number of hydrogen-bond donors (Lipinski definition) is 2. The van der Waals surface area contributed by atoms with Gasteiger partial charge in [0.05, 0.1) is 12.5 Å². The smallest absolute Gasteiger partial charge is 0.309 e. The number of ether oxygens (including phenoxy) is 1. The third kappa shape index (κ3) is 5.16. The first-order valence-corrected chi connectivity index (χ1v) is 6.39. The molecule has 1 aliphatic rings. The zero-order chi connectivity index (χ0) is 11.8. The van der Waals surface area contributed by atoms with Gasteiger partial charge in [0.25, 0.3) is 0 Å². The Hall–Kier alpha value is -0.300. The minimum Gasteiger partial charge on any atom is -0.462 e. The number of nitrogens with one attached hydrogen (secondary N) is 1. The van der Waals surface area contributed by atoms with Crippen LogP contribution in [0.5, 0.6) is 0 Å². The minimum absolute atomic E-state index is 0.127. The predicted molar refractivity (Wildman–Crippen MR) is 61.4 cm³/mol. The molecule has 0 aliphatic heterocycles. The van der Waals surface area contributed by atoms with Crippen LogP contribution in [-0.2, 0) is 14.4 Å². The van der Waals surface area contributed by atoms with E-state index < -0.39 is 0 Å². The van der Waals surface area contributed by atoms with Gasteiger partial charge in [-0.1, -0.05) is 6.92 Å². The zero-order valence-electron chi connectivity index (χ0n) is 9.48. The van der Waals surface area contributed by atoms with Gasteiger partial charge >= 0.3 is 5.97 Å². The first kappa shape index (κ1) is 13.8.